The van der Waals surface area contributed by atoms with Crippen molar-refractivity contribution in [3.05, 3.63) is 131 Å². The molecule has 0 unspecified atom stereocenters. The highest BCUT2D eigenvalue weighted by atomic mass is 14.9. The molecule has 1 aliphatic heterocycles. The molecule has 37 heavy (non-hydrogen) atoms. The van der Waals surface area contributed by atoms with Crippen molar-refractivity contribution >= 4 is 11.4 Å². The summed E-state index contributed by atoms with van der Waals surface area (Å²) >= 11 is 0. The minimum atomic E-state index is -0.0836. The Balaban J connectivity index is 1.41. The van der Waals surface area contributed by atoms with E-state index in [4.69, 9.17) is 0 Å². The highest BCUT2D eigenvalue weighted by Gasteiger charge is 2.38. The topological polar surface area (TPSA) is 12.0 Å². The summed E-state index contributed by atoms with van der Waals surface area (Å²) in [4.78, 5) is 0. The van der Waals surface area contributed by atoms with Crippen LogP contribution < -0.4 is 5.32 Å². The molecule has 0 saturated heterocycles. The van der Waals surface area contributed by atoms with Gasteiger partial charge in [0.15, 0.2) is 0 Å². The van der Waals surface area contributed by atoms with Crippen molar-refractivity contribution in [3.63, 3.8) is 0 Å². The smallest absolute Gasteiger partial charge is 0.0426 e. The van der Waals surface area contributed by atoms with Crippen molar-refractivity contribution in [2.24, 2.45) is 0 Å². The third-order valence-electron chi connectivity index (χ3n) is 8.67. The number of benzene rings is 5. The molecule has 5 aromatic carbocycles. The van der Waals surface area contributed by atoms with Gasteiger partial charge in [-0.3, -0.25) is 0 Å². The molecule has 0 bridgehead atoms. The molecule has 1 heteroatoms. The number of fused-ring (bicyclic) bond motifs is 5. The number of para-hydroxylation sites is 1. The molecule has 0 aromatic heterocycles. The summed E-state index contributed by atoms with van der Waals surface area (Å²) in [5, 5.41) is 3.68. The van der Waals surface area contributed by atoms with Gasteiger partial charge < -0.3 is 5.32 Å². The van der Waals surface area contributed by atoms with Gasteiger partial charge in [-0.15, -0.1) is 0 Å². The van der Waals surface area contributed by atoms with Crippen LogP contribution in [0.15, 0.2) is 109 Å². The molecule has 0 fully saturated rings. The average Bonchev–Trinajstić information content (AvgIpc) is 3.16. The Morgan fingerprint density at radius 1 is 0.432 bits per heavy atom. The Hall–Kier alpha value is -4.10. The Bertz CT molecular complexity index is 1700. The van der Waals surface area contributed by atoms with Crippen molar-refractivity contribution in [1.82, 2.24) is 0 Å². The van der Waals surface area contributed by atoms with Crippen molar-refractivity contribution in [2.45, 2.75) is 38.5 Å². The van der Waals surface area contributed by atoms with Crippen LogP contribution in [-0.4, -0.2) is 0 Å². The molecule has 0 atom stereocenters. The molecule has 0 radical (unpaired) electrons. The minimum Gasteiger partial charge on any atom is -0.355 e. The summed E-state index contributed by atoms with van der Waals surface area (Å²) in [5.74, 6) is 0. The van der Waals surface area contributed by atoms with Gasteiger partial charge in [0.1, 0.15) is 0 Å². The zero-order chi connectivity index (χ0) is 25.4. The van der Waals surface area contributed by atoms with Gasteiger partial charge in [-0.2, -0.15) is 0 Å². The molecule has 0 spiro atoms. The third kappa shape index (κ3) is 3.10. The highest BCUT2D eigenvalue weighted by molar-refractivity contribution is 5.93. The monoisotopic (exact) mass is 477 g/mol. The van der Waals surface area contributed by atoms with Crippen LogP contribution in [0.4, 0.5) is 11.4 Å². The highest BCUT2D eigenvalue weighted by Crippen LogP contribution is 2.53. The van der Waals surface area contributed by atoms with Crippen LogP contribution in [-0.2, 0) is 10.8 Å². The van der Waals surface area contributed by atoms with Gasteiger partial charge in [-0.25, -0.2) is 0 Å². The number of anilines is 2. The molecule has 1 heterocycles. The molecule has 1 aliphatic carbocycles. The molecule has 1 N–H and O–H groups in total. The maximum atomic E-state index is 3.68. The SMILES string of the molecule is CC1(C)c2ccccc2Nc2ccc(-c3ccccc3-c3cccc4c3C(C)(C)c3ccccc3-4)cc21. The van der Waals surface area contributed by atoms with Gasteiger partial charge in [0.2, 0.25) is 0 Å². The Morgan fingerprint density at radius 3 is 1.78 bits per heavy atom. The lowest BCUT2D eigenvalue weighted by Gasteiger charge is -2.36. The normalized spacial score (nSPS) is 15.7. The van der Waals surface area contributed by atoms with E-state index in [-0.39, 0.29) is 10.8 Å². The molecule has 7 rings (SSSR count). The molecule has 0 amide bonds. The van der Waals surface area contributed by atoms with E-state index in [0.717, 1.165) is 0 Å². The average molecular weight is 478 g/mol. The van der Waals surface area contributed by atoms with Crippen molar-refractivity contribution in [1.29, 1.82) is 0 Å². The fourth-order valence-corrected chi connectivity index (χ4v) is 6.81. The fourth-order valence-electron chi connectivity index (χ4n) is 6.81. The van der Waals surface area contributed by atoms with Crippen molar-refractivity contribution in [3.8, 4) is 33.4 Å². The van der Waals surface area contributed by atoms with E-state index in [1.54, 1.807) is 0 Å². The van der Waals surface area contributed by atoms with E-state index >= 15 is 0 Å². The van der Waals surface area contributed by atoms with Crippen LogP contribution in [0, 0.1) is 0 Å². The summed E-state index contributed by atoms with van der Waals surface area (Å²) in [6.07, 6.45) is 0. The zero-order valence-electron chi connectivity index (χ0n) is 21.9. The zero-order valence-corrected chi connectivity index (χ0v) is 21.9. The second-order valence-electron chi connectivity index (χ2n) is 11.5. The van der Waals surface area contributed by atoms with Gasteiger partial charge in [0, 0.05) is 22.2 Å². The number of hydrogen-bond donors (Lipinski definition) is 1. The number of rotatable bonds is 2. The summed E-state index contributed by atoms with van der Waals surface area (Å²) < 4.78 is 0. The molecular weight excluding hydrogens is 446 g/mol. The lowest BCUT2D eigenvalue weighted by atomic mass is 9.73. The van der Waals surface area contributed by atoms with E-state index in [1.165, 1.54) is 67.0 Å². The first-order valence-corrected chi connectivity index (χ1v) is 13.2. The molecule has 180 valence electrons. The second-order valence-corrected chi connectivity index (χ2v) is 11.5. The van der Waals surface area contributed by atoms with Gasteiger partial charge in [0.05, 0.1) is 0 Å². The standard InChI is InChI=1S/C36H31N/c1-35(2)30-18-9-10-19-32(30)37-33-21-20-23(22-31(33)35)24-12-5-6-13-25(24)27-15-11-16-28-26-14-7-8-17-29(26)36(3,4)34(27)28/h5-22,37H,1-4H3. The van der Waals surface area contributed by atoms with Crippen LogP contribution in [0.2, 0.25) is 0 Å². The van der Waals surface area contributed by atoms with Gasteiger partial charge in [0.25, 0.3) is 0 Å². The van der Waals surface area contributed by atoms with Gasteiger partial charge in [-0.1, -0.05) is 119 Å². The number of nitrogens with one attached hydrogen (secondary N) is 1. The first kappa shape index (κ1) is 22.1. The van der Waals surface area contributed by atoms with Crippen molar-refractivity contribution < 1.29 is 0 Å². The predicted molar refractivity (Wildman–Crippen MR) is 157 cm³/mol. The van der Waals surface area contributed by atoms with E-state index in [9.17, 15) is 0 Å². The van der Waals surface area contributed by atoms with E-state index in [1.807, 2.05) is 0 Å². The Kier molecular flexibility index (Phi) is 4.60. The summed E-state index contributed by atoms with van der Waals surface area (Å²) in [6, 6.07) is 40.2. The summed E-state index contributed by atoms with van der Waals surface area (Å²) in [7, 11) is 0. The quantitative estimate of drug-likeness (QED) is 0.267. The van der Waals surface area contributed by atoms with Crippen molar-refractivity contribution in [2.75, 3.05) is 5.32 Å². The largest absolute Gasteiger partial charge is 0.355 e. The van der Waals surface area contributed by atoms with Crippen LogP contribution >= 0.6 is 0 Å². The second kappa shape index (κ2) is 7.70. The van der Waals surface area contributed by atoms with Gasteiger partial charge in [-0.05, 0) is 73.8 Å². The van der Waals surface area contributed by atoms with Crippen LogP contribution in [0.3, 0.4) is 0 Å². The van der Waals surface area contributed by atoms with E-state index in [2.05, 4.69) is 142 Å². The lowest BCUT2D eigenvalue weighted by molar-refractivity contribution is 0.638. The molecule has 2 aliphatic rings. The van der Waals surface area contributed by atoms with Crippen LogP contribution in [0.25, 0.3) is 33.4 Å². The van der Waals surface area contributed by atoms with E-state index < -0.39 is 0 Å². The lowest BCUT2D eigenvalue weighted by Crippen LogP contribution is -2.25. The molecule has 0 saturated carbocycles. The van der Waals surface area contributed by atoms with Gasteiger partial charge >= 0.3 is 0 Å². The first-order valence-electron chi connectivity index (χ1n) is 13.2. The van der Waals surface area contributed by atoms with Crippen LogP contribution in [0.1, 0.15) is 49.9 Å². The molecule has 5 aromatic rings. The Morgan fingerprint density at radius 2 is 1.00 bits per heavy atom. The first-order chi connectivity index (χ1) is 17.9. The third-order valence-corrected chi connectivity index (χ3v) is 8.67. The molecular formula is C36H31N. The Labute approximate surface area is 219 Å². The number of hydrogen-bond acceptors (Lipinski definition) is 1. The van der Waals surface area contributed by atoms with E-state index in [0.29, 0.717) is 0 Å². The molecule has 1 nitrogen and oxygen atoms in total. The summed E-state index contributed by atoms with van der Waals surface area (Å²) in [6.45, 7) is 9.42. The van der Waals surface area contributed by atoms with Crippen LogP contribution in [0.5, 0.6) is 0 Å². The maximum Gasteiger partial charge on any atom is 0.0426 e. The minimum absolute atomic E-state index is 0.0545. The fraction of sp³-hybridized carbons (Fsp3) is 0.167. The maximum absolute atomic E-state index is 3.68. The predicted octanol–water partition coefficient (Wildman–Crippen LogP) is 9.71. The summed E-state index contributed by atoms with van der Waals surface area (Å²) in [5.41, 5.74) is 15.7.